The van der Waals surface area contributed by atoms with E-state index in [2.05, 4.69) is 4.98 Å². The zero-order chi connectivity index (χ0) is 10.2. The van der Waals surface area contributed by atoms with E-state index in [-0.39, 0.29) is 5.69 Å². The first-order valence-corrected chi connectivity index (χ1v) is 4.53. The van der Waals surface area contributed by atoms with E-state index in [1.54, 1.807) is 12.1 Å². The summed E-state index contributed by atoms with van der Waals surface area (Å²) in [6.45, 7) is 2.00. The summed E-state index contributed by atoms with van der Waals surface area (Å²) in [5.74, 6) is -0.990. The second-order valence-electron chi connectivity index (χ2n) is 2.84. The fraction of sp³-hybridized carbons (Fsp3) is 0.400. The Kier molecular flexibility index (Phi) is 4.64. The summed E-state index contributed by atoms with van der Waals surface area (Å²) < 4.78 is 4.94. The molecule has 0 saturated carbocycles. The van der Waals surface area contributed by atoms with Crippen LogP contribution < -0.4 is 0 Å². The van der Waals surface area contributed by atoms with Gasteiger partial charge in [-0.25, -0.2) is 9.78 Å². The number of pyridine rings is 1. The summed E-state index contributed by atoms with van der Waals surface area (Å²) in [4.78, 5) is 13.7. The van der Waals surface area contributed by atoms with Crippen LogP contribution in [0.1, 0.15) is 23.3 Å². The summed E-state index contributed by atoms with van der Waals surface area (Å²) in [5, 5.41) is 8.32. The van der Waals surface area contributed by atoms with Crippen LogP contribution in [0.15, 0.2) is 24.4 Å². The van der Waals surface area contributed by atoms with Crippen LogP contribution in [-0.2, 0) is 4.74 Å². The van der Waals surface area contributed by atoms with Crippen molar-refractivity contribution in [2.45, 2.75) is 12.8 Å². The minimum absolute atomic E-state index is 0.0810. The van der Waals surface area contributed by atoms with Gasteiger partial charge in [-0.3, -0.25) is 0 Å². The van der Waals surface area contributed by atoms with Crippen molar-refractivity contribution in [1.29, 1.82) is 0 Å². The Morgan fingerprint density at radius 3 is 2.36 bits per heavy atom. The molecule has 0 spiro atoms. The highest BCUT2D eigenvalue weighted by Crippen LogP contribution is 1.98. The number of carboxylic acid groups (broad SMARTS) is 1. The monoisotopic (exact) mass is 195 g/mol. The molecule has 1 aliphatic rings. The molecule has 4 nitrogen and oxygen atoms in total. The molecule has 1 aromatic rings. The van der Waals surface area contributed by atoms with Gasteiger partial charge >= 0.3 is 5.97 Å². The minimum Gasteiger partial charge on any atom is -0.477 e. The lowest BCUT2D eigenvalue weighted by Gasteiger charge is -1.87. The Morgan fingerprint density at radius 2 is 2.07 bits per heavy atom. The standard InChI is InChI=1S/C6H5NO2.C4H8O/c8-6(9)5-3-1-2-4-7-5;1-2-4-5-3-1/h1-4H,(H,8,9);1-4H2. The molecule has 2 heterocycles. The molecular weight excluding hydrogens is 182 g/mol. The lowest BCUT2D eigenvalue weighted by Crippen LogP contribution is -1.97. The van der Waals surface area contributed by atoms with Crippen LogP contribution in [0.3, 0.4) is 0 Å². The topological polar surface area (TPSA) is 59.4 Å². The molecule has 0 radical (unpaired) electrons. The third-order valence-electron chi connectivity index (χ3n) is 1.71. The van der Waals surface area contributed by atoms with Crippen LogP contribution >= 0.6 is 0 Å². The van der Waals surface area contributed by atoms with Crippen molar-refractivity contribution in [3.63, 3.8) is 0 Å². The van der Waals surface area contributed by atoms with Crippen LogP contribution in [0.25, 0.3) is 0 Å². The van der Waals surface area contributed by atoms with Crippen LogP contribution in [0.5, 0.6) is 0 Å². The molecule has 0 aliphatic carbocycles. The molecule has 1 N–H and O–H groups in total. The highest BCUT2D eigenvalue weighted by Gasteiger charge is 1.98. The van der Waals surface area contributed by atoms with Gasteiger partial charge in [0.05, 0.1) is 0 Å². The van der Waals surface area contributed by atoms with E-state index in [1.165, 1.54) is 25.1 Å². The number of aromatic carboxylic acids is 1. The lowest BCUT2D eigenvalue weighted by atomic mass is 10.4. The predicted octanol–water partition coefficient (Wildman–Crippen LogP) is 1.58. The van der Waals surface area contributed by atoms with Gasteiger partial charge in [-0.1, -0.05) is 6.07 Å². The van der Waals surface area contributed by atoms with Gasteiger partial charge in [0.1, 0.15) is 5.69 Å². The Bertz CT molecular complexity index is 262. The predicted molar refractivity (Wildman–Crippen MR) is 51.2 cm³/mol. The van der Waals surface area contributed by atoms with E-state index in [1.807, 2.05) is 0 Å². The Labute approximate surface area is 82.5 Å². The molecule has 2 rings (SSSR count). The maximum absolute atomic E-state index is 10.1. The first-order valence-electron chi connectivity index (χ1n) is 4.53. The van der Waals surface area contributed by atoms with Gasteiger partial charge < -0.3 is 9.84 Å². The fourth-order valence-electron chi connectivity index (χ4n) is 1.000. The van der Waals surface area contributed by atoms with Gasteiger partial charge in [0.25, 0.3) is 0 Å². The smallest absolute Gasteiger partial charge is 0.354 e. The van der Waals surface area contributed by atoms with E-state index in [0.717, 1.165) is 13.2 Å². The van der Waals surface area contributed by atoms with Gasteiger partial charge in [0.15, 0.2) is 0 Å². The Balaban J connectivity index is 0.000000165. The molecule has 0 unspecified atom stereocenters. The van der Waals surface area contributed by atoms with Gasteiger partial charge in [-0.15, -0.1) is 0 Å². The molecule has 76 valence electrons. The largest absolute Gasteiger partial charge is 0.477 e. The van der Waals surface area contributed by atoms with Gasteiger partial charge in [-0.05, 0) is 25.0 Å². The van der Waals surface area contributed by atoms with E-state index in [9.17, 15) is 4.79 Å². The zero-order valence-electron chi connectivity index (χ0n) is 7.85. The summed E-state index contributed by atoms with van der Waals surface area (Å²) in [6.07, 6.45) is 4.00. The van der Waals surface area contributed by atoms with Crippen molar-refractivity contribution < 1.29 is 14.6 Å². The molecule has 4 heteroatoms. The van der Waals surface area contributed by atoms with Crippen LogP contribution in [0.2, 0.25) is 0 Å². The number of aromatic nitrogens is 1. The molecule has 1 aromatic heterocycles. The number of nitrogens with zero attached hydrogens (tertiary/aromatic N) is 1. The van der Waals surface area contributed by atoms with E-state index in [4.69, 9.17) is 9.84 Å². The second-order valence-corrected chi connectivity index (χ2v) is 2.84. The Morgan fingerprint density at radius 1 is 1.36 bits per heavy atom. The van der Waals surface area contributed by atoms with Crippen LogP contribution in [0, 0.1) is 0 Å². The first-order chi connectivity index (χ1) is 6.80. The van der Waals surface area contributed by atoms with E-state index < -0.39 is 5.97 Å². The second kappa shape index (κ2) is 6.10. The van der Waals surface area contributed by atoms with Gasteiger partial charge in [-0.2, -0.15) is 0 Å². The Hall–Kier alpha value is -1.42. The highest BCUT2D eigenvalue weighted by atomic mass is 16.5. The summed E-state index contributed by atoms with van der Waals surface area (Å²) >= 11 is 0. The maximum atomic E-state index is 10.1. The third-order valence-corrected chi connectivity index (χ3v) is 1.71. The van der Waals surface area contributed by atoms with Gasteiger partial charge in [0, 0.05) is 19.4 Å². The highest BCUT2D eigenvalue weighted by molar-refractivity contribution is 5.85. The van der Waals surface area contributed by atoms with Crippen molar-refractivity contribution in [1.82, 2.24) is 4.98 Å². The lowest BCUT2D eigenvalue weighted by molar-refractivity contribution is 0.0690. The SMILES string of the molecule is C1CCOC1.O=C(O)c1ccccn1. The first kappa shape index (κ1) is 10.7. The van der Waals surface area contributed by atoms with Crippen LogP contribution in [-0.4, -0.2) is 29.3 Å². The zero-order valence-corrected chi connectivity index (χ0v) is 7.85. The summed E-state index contributed by atoms with van der Waals surface area (Å²) in [6, 6.07) is 4.76. The molecule has 0 amide bonds. The molecule has 14 heavy (non-hydrogen) atoms. The molecule has 1 saturated heterocycles. The third kappa shape index (κ3) is 4.00. The number of carboxylic acids is 1. The molecule has 0 bridgehead atoms. The van der Waals surface area contributed by atoms with E-state index in [0.29, 0.717) is 0 Å². The normalized spacial score (nSPS) is 14.3. The number of hydrogen-bond acceptors (Lipinski definition) is 3. The summed E-state index contributed by atoms with van der Waals surface area (Å²) in [5.41, 5.74) is 0.0810. The molecule has 1 fully saturated rings. The van der Waals surface area contributed by atoms with Crippen molar-refractivity contribution in [3.05, 3.63) is 30.1 Å². The minimum atomic E-state index is -0.990. The number of ether oxygens (including phenoxy) is 1. The van der Waals surface area contributed by atoms with Crippen molar-refractivity contribution in [3.8, 4) is 0 Å². The number of carbonyl (C=O) groups is 1. The number of rotatable bonds is 1. The van der Waals surface area contributed by atoms with Gasteiger partial charge in [0.2, 0.25) is 0 Å². The van der Waals surface area contributed by atoms with Crippen LogP contribution in [0.4, 0.5) is 0 Å². The maximum Gasteiger partial charge on any atom is 0.354 e. The molecule has 0 aromatic carbocycles. The average Bonchev–Trinajstić information content (AvgIpc) is 2.77. The van der Waals surface area contributed by atoms with Crippen molar-refractivity contribution >= 4 is 5.97 Å². The molecular formula is C10H13NO3. The average molecular weight is 195 g/mol. The van der Waals surface area contributed by atoms with Crippen molar-refractivity contribution in [2.75, 3.05) is 13.2 Å². The van der Waals surface area contributed by atoms with E-state index >= 15 is 0 Å². The summed E-state index contributed by atoms with van der Waals surface area (Å²) in [7, 11) is 0. The van der Waals surface area contributed by atoms with Crippen molar-refractivity contribution in [2.24, 2.45) is 0 Å². The quantitative estimate of drug-likeness (QED) is 0.739. The molecule has 0 atom stereocenters. The molecule has 1 aliphatic heterocycles. The fourth-order valence-corrected chi connectivity index (χ4v) is 1.000. The number of hydrogen-bond donors (Lipinski definition) is 1.